The van der Waals surface area contributed by atoms with E-state index in [4.69, 9.17) is 14.2 Å². The van der Waals surface area contributed by atoms with Gasteiger partial charge in [-0.25, -0.2) is 8.42 Å². The molecular formula is C21H23N3O9S2. The second-order valence-corrected chi connectivity index (χ2v) is 9.92. The maximum absolute atomic E-state index is 12.9. The Morgan fingerprint density at radius 3 is 2.63 bits per heavy atom. The van der Waals surface area contributed by atoms with E-state index >= 15 is 0 Å². The van der Waals surface area contributed by atoms with Crippen LogP contribution in [0, 0.1) is 10.1 Å². The smallest absolute Gasteiger partial charge is 0.324 e. The summed E-state index contributed by atoms with van der Waals surface area (Å²) in [6.45, 7) is -0.0667. The molecular weight excluding hydrogens is 502 g/mol. The van der Waals surface area contributed by atoms with E-state index in [-0.39, 0.29) is 35.0 Å². The van der Waals surface area contributed by atoms with E-state index in [1.54, 1.807) is 6.26 Å². The first-order valence-corrected chi connectivity index (χ1v) is 13.2. The number of thioether (sulfide) groups is 1. The van der Waals surface area contributed by atoms with Crippen molar-refractivity contribution in [3.8, 4) is 11.5 Å². The van der Waals surface area contributed by atoms with Crippen molar-refractivity contribution in [3.05, 3.63) is 52.6 Å². The first kappa shape index (κ1) is 26.2. The lowest BCUT2D eigenvalue weighted by Gasteiger charge is -2.20. The van der Waals surface area contributed by atoms with Crippen LogP contribution in [0.15, 0.2) is 47.4 Å². The van der Waals surface area contributed by atoms with Crippen LogP contribution in [0.4, 0.5) is 11.4 Å². The predicted molar refractivity (Wildman–Crippen MR) is 127 cm³/mol. The number of hydrogen-bond donors (Lipinski definition) is 2. The van der Waals surface area contributed by atoms with E-state index < -0.39 is 39.5 Å². The zero-order valence-electron chi connectivity index (χ0n) is 18.6. The molecule has 0 saturated carbocycles. The predicted octanol–water partition coefficient (Wildman–Crippen LogP) is 1.95. The molecule has 0 unspecified atom stereocenters. The number of anilines is 1. The van der Waals surface area contributed by atoms with Gasteiger partial charge in [-0.15, -0.1) is 0 Å². The molecule has 1 aliphatic heterocycles. The van der Waals surface area contributed by atoms with Crippen LogP contribution in [0.3, 0.4) is 0 Å². The molecule has 12 nitrogen and oxygen atoms in total. The van der Waals surface area contributed by atoms with Crippen LogP contribution in [0.5, 0.6) is 11.5 Å². The number of ether oxygens (including phenoxy) is 3. The summed E-state index contributed by atoms with van der Waals surface area (Å²) in [7, 11) is -4.13. The van der Waals surface area contributed by atoms with Crippen LogP contribution in [0.25, 0.3) is 0 Å². The molecule has 2 aromatic rings. The van der Waals surface area contributed by atoms with E-state index in [9.17, 15) is 28.1 Å². The number of benzene rings is 2. The lowest BCUT2D eigenvalue weighted by Crippen LogP contribution is -2.43. The fourth-order valence-corrected chi connectivity index (χ4v) is 4.74. The van der Waals surface area contributed by atoms with Gasteiger partial charge in [0.05, 0.1) is 9.82 Å². The average molecular weight is 526 g/mol. The molecule has 0 fully saturated rings. The molecule has 0 aromatic heterocycles. The molecule has 3 rings (SSSR count). The van der Waals surface area contributed by atoms with Crippen molar-refractivity contribution in [3.63, 3.8) is 0 Å². The van der Waals surface area contributed by atoms with Gasteiger partial charge in [0.1, 0.15) is 19.3 Å². The van der Waals surface area contributed by atoms with Crippen molar-refractivity contribution >= 4 is 45.0 Å². The second kappa shape index (κ2) is 11.9. The maximum atomic E-state index is 12.9. The zero-order valence-corrected chi connectivity index (χ0v) is 20.2. The third kappa shape index (κ3) is 7.31. The normalized spacial score (nSPS) is 13.5. The zero-order chi connectivity index (χ0) is 25.4. The number of carbonyl (C=O) groups excluding carboxylic acids is 2. The summed E-state index contributed by atoms with van der Waals surface area (Å²) in [5.74, 6) is -0.529. The fourth-order valence-electron chi connectivity index (χ4n) is 3.04. The minimum atomic E-state index is -4.13. The maximum Gasteiger partial charge on any atom is 0.324 e. The number of sulfonamides is 1. The number of nitrogens with one attached hydrogen (secondary N) is 2. The van der Waals surface area contributed by atoms with E-state index in [1.165, 1.54) is 48.2 Å². The van der Waals surface area contributed by atoms with Gasteiger partial charge in [0.15, 0.2) is 18.1 Å². The minimum Gasteiger partial charge on any atom is -0.486 e. The third-order valence-corrected chi connectivity index (χ3v) is 6.82. The van der Waals surface area contributed by atoms with Crippen LogP contribution in [-0.4, -0.2) is 63.1 Å². The second-order valence-electron chi connectivity index (χ2n) is 7.22. The Balaban J connectivity index is 1.64. The number of hydrogen-bond acceptors (Lipinski definition) is 10. The molecule has 2 aromatic carbocycles. The highest BCUT2D eigenvalue weighted by atomic mass is 32.2. The molecule has 1 atom stereocenters. The van der Waals surface area contributed by atoms with Gasteiger partial charge < -0.3 is 19.5 Å². The number of nitro groups is 1. The fraction of sp³-hybridized carbons (Fsp3) is 0.333. The van der Waals surface area contributed by atoms with Crippen molar-refractivity contribution in [1.82, 2.24) is 4.72 Å². The van der Waals surface area contributed by atoms with Crippen molar-refractivity contribution in [2.45, 2.75) is 17.4 Å². The Kier molecular flexibility index (Phi) is 8.89. The number of carbonyl (C=O) groups is 2. The SMILES string of the molecule is CSCC[C@H](NS(=O)(=O)c1ccc2c(c1)OCCO2)C(=O)OCC(=O)Nc1cccc([N+](=O)[O-])c1. The quantitative estimate of drug-likeness (QED) is 0.252. The number of nitro benzene ring substituents is 1. The van der Waals surface area contributed by atoms with Gasteiger partial charge in [-0.1, -0.05) is 6.07 Å². The van der Waals surface area contributed by atoms with E-state index in [0.29, 0.717) is 18.1 Å². The number of esters is 1. The molecule has 1 aliphatic rings. The third-order valence-electron chi connectivity index (χ3n) is 4.70. The largest absolute Gasteiger partial charge is 0.486 e. The molecule has 0 aliphatic carbocycles. The van der Waals surface area contributed by atoms with Gasteiger partial charge >= 0.3 is 5.97 Å². The summed E-state index contributed by atoms with van der Waals surface area (Å²) in [6, 6.07) is 8.12. The Morgan fingerprint density at radius 1 is 1.17 bits per heavy atom. The monoisotopic (exact) mass is 525 g/mol. The van der Waals surface area contributed by atoms with Crippen LogP contribution in [0.2, 0.25) is 0 Å². The topological polar surface area (TPSA) is 163 Å². The highest BCUT2D eigenvalue weighted by Gasteiger charge is 2.28. The standard InChI is InChI=1S/C21H23N3O9S2/c1-34-10-7-17(23-35(29,30)16-5-6-18-19(12-16)32-9-8-31-18)21(26)33-13-20(25)22-14-3-2-4-15(11-14)24(27)28/h2-6,11-12,17,23H,7-10,13H2,1H3,(H,22,25)/t17-/m0/s1. The van der Waals surface area contributed by atoms with E-state index in [0.717, 1.165) is 6.07 Å². The van der Waals surface area contributed by atoms with E-state index in [2.05, 4.69) is 10.0 Å². The number of fused-ring (bicyclic) bond motifs is 1. The van der Waals surface area contributed by atoms with Crippen LogP contribution >= 0.6 is 11.8 Å². The van der Waals surface area contributed by atoms with Gasteiger partial charge in [0.25, 0.3) is 11.6 Å². The van der Waals surface area contributed by atoms with Crippen LogP contribution in [0.1, 0.15) is 6.42 Å². The average Bonchev–Trinajstić information content (AvgIpc) is 2.84. The molecule has 35 heavy (non-hydrogen) atoms. The number of rotatable bonds is 11. The first-order valence-electron chi connectivity index (χ1n) is 10.3. The van der Waals surface area contributed by atoms with Crippen molar-refractivity contribution < 1.29 is 37.1 Å². The molecule has 0 saturated heterocycles. The number of non-ortho nitro benzene ring substituents is 1. The summed E-state index contributed by atoms with van der Waals surface area (Å²) >= 11 is 1.40. The van der Waals surface area contributed by atoms with Gasteiger partial charge in [-0.3, -0.25) is 19.7 Å². The van der Waals surface area contributed by atoms with Crippen molar-refractivity contribution in [1.29, 1.82) is 0 Å². The minimum absolute atomic E-state index is 0.118. The van der Waals surface area contributed by atoms with Gasteiger partial charge in [0.2, 0.25) is 10.0 Å². The molecule has 0 radical (unpaired) electrons. The summed E-state index contributed by atoms with van der Waals surface area (Å²) in [6.07, 6.45) is 1.92. The Labute approximate surface area is 205 Å². The van der Waals surface area contributed by atoms with Crippen LogP contribution in [-0.2, 0) is 24.3 Å². The Bertz CT molecular complexity index is 1200. The summed E-state index contributed by atoms with van der Waals surface area (Å²) in [4.78, 5) is 34.9. The molecule has 1 heterocycles. The molecule has 2 N–H and O–H groups in total. The van der Waals surface area contributed by atoms with Crippen molar-refractivity contribution in [2.24, 2.45) is 0 Å². The molecule has 14 heteroatoms. The highest BCUT2D eigenvalue weighted by molar-refractivity contribution is 7.98. The summed E-state index contributed by atoms with van der Waals surface area (Å²) < 4.78 is 44.0. The Hall–Kier alpha value is -3.36. The van der Waals surface area contributed by atoms with Crippen molar-refractivity contribution in [2.75, 3.05) is 37.1 Å². The summed E-state index contributed by atoms with van der Waals surface area (Å²) in [5.41, 5.74) is -0.0658. The molecule has 1 amide bonds. The van der Waals surface area contributed by atoms with Crippen LogP contribution < -0.4 is 19.5 Å². The first-order chi connectivity index (χ1) is 16.7. The summed E-state index contributed by atoms with van der Waals surface area (Å²) in [5, 5.41) is 13.2. The molecule has 0 bridgehead atoms. The number of amides is 1. The van der Waals surface area contributed by atoms with Gasteiger partial charge in [-0.2, -0.15) is 16.5 Å². The van der Waals surface area contributed by atoms with Gasteiger partial charge in [0, 0.05) is 23.9 Å². The Morgan fingerprint density at radius 2 is 1.91 bits per heavy atom. The lowest BCUT2D eigenvalue weighted by atomic mass is 10.2. The number of nitrogens with zero attached hydrogens (tertiary/aromatic N) is 1. The molecule has 0 spiro atoms. The molecule has 188 valence electrons. The van der Waals surface area contributed by atoms with Gasteiger partial charge in [-0.05, 0) is 36.6 Å². The highest BCUT2D eigenvalue weighted by Crippen LogP contribution is 2.32. The lowest BCUT2D eigenvalue weighted by molar-refractivity contribution is -0.384. The van der Waals surface area contributed by atoms with E-state index in [1.807, 2.05) is 0 Å².